The minimum Gasteiger partial charge on any atom is -0.493 e. The summed E-state index contributed by atoms with van der Waals surface area (Å²) in [6.07, 6.45) is 0.603. The average molecular weight is 409 g/mol. The number of hydrogen-bond acceptors (Lipinski definition) is 6. The predicted molar refractivity (Wildman–Crippen MR) is 116 cm³/mol. The number of aromatic nitrogens is 3. The fourth-order valence-corrected chi connectivity index (χ4v) is 4.29. The van der Waals surface area contributed by atoms with Crippen LogP contribution in [-0.2, 0) is 6.42 Å². The SMILES string of the molecule is COc1ccc(Cc2nnc3n2N=C(c2ccc(C)c(C)c2)C(C)S3)cc1OC. The Morgan fingerprint density at radius 1 is 0.966 bits per heavy atom. The van der Waals surface area contributed by atoms with Crippen LogP contribution in [0.15, 0.2) is 46.7 Å². The highest BCUT2D eigenvalue weighted by Crippen LogP contribution is 2.32. The first-order valence-corrected chi connectivity index (χ1v) is 10.4. The second kappa shape index (κ2) is 7.91. The van der Waals surface area contributed by atoms with Crippen molar-refractivity contribution in [2.45, 2.75) is 37.6 Å². The van der Waals surface area contributed by atoms with Crippen LogP contribution in [0.3, 0.4) is 0 Å². The molecule has 0 saturated heterocycles. The van der Waals surface area contributed by atoms with Gasteiger partial charge in [-0.2, -0.15) is 9.78 Å². The summed E-state index contributed by atoms with van der Waals surface area (Å²) >= 11 is 1.68. The molecule has 29 heavy (non-hydrogen) atoms. The number of nitrogens with zero attached hydrogens (tertiary/aromatic N) is 4. The Kier molecular flexibility index (Phi) is 5.32. The van der Waals surface area contributed by atoms with Gasteiger partial charge in [0.1, 0.15) is 0 Å². The van der Waals surface area contributed by atoms with E-state index in [0.717, 1.165) is 27.8 Å². The first kappa shape index (κ1) is 19.5. The van der Waals surface area contributed by atoms with Crippen molar-refractivity contribution < 1.29 is 9.47 Å². The molecular weight excluding hydrogens is 384 g/mol. The number of methoxy groups -OCH3 is 2. The molecule has 1 atom stereocenters. The van der Waals surface area contributed by atoms with Gasteiger partial charge in [-0.15, -0.1) is 10.2 Å². The Morgan fingerprint density at radius 2 is 1.76 bits per heavy atom. The minimum atomic E-state index is 0.211. The number of rotatable bonds is 5. The third kappa shape index (κ3) is 3.74. The van der Waals surface area contributed by atoms with Crippen LogP contribution in [0.2, 0.25) is 0 Å². The predicted octanol–water partition coefficient (Wildman–Crippen LogP) is 4.25. The molecule has 1 aliphatic rings. The lowest BCUT2D eigenvalue weighted by molar-refractivity contribution is 0.354. The van der Waals surface area contributed by atoms with Gasteiger partial charge in [0.25, 0.3) is 0 Å². The van der Waals surface area contributed by atoms with Gasteiger partial charge in [0.2, 0.25) is 5.16 Å². The topological polar surface area (TPSA) is 61.5 Å². The van der Waals surface area contributed by atoms with E-state index >= 15 is 0 Å². The molecule has 0 radical (unpaired) electrons. The Balaban J connectivity index is 1.69. The molecule has 0 aliphatic carbocycles. The van der Waals surface area contributed by atoms with Crippen LogP contribution < -0.4 is 9.47 Å². The lowest BCUT2D eigenvalue weighted by atomic mass is 10.0. The summed E-state index contributed by atoms with van der Waals surface area (Å²) in [5.41, 5.74) is 5.79. The number of thioether (sulfide) groups is 1. The number of hydrogen-bond donors (Lipinski definition) is 0. The molecule has 4 rings (SSSR count). The Bertz CT molecular complexity index is 1090. The van der Waals surface area contributed by atoms with Crippen LogP contribution in [0.5, 0.6) is 11.5 Å². The first-order valence-electron chi connectivity index (χ1n) is 9.48. The lowest BCUT2D eigenvalue weighted by Crippen LogP contribution is -2.22. The molecule has 1 aromatic heterocycles. The number of ether oxygens (including phenoxy) is 2. The second-order valence-corrected chi connectivity index (χ2v) is 8.43. The van der Waals surface area contributed by atoms with E-state index in [4.69, 9.17) is 14.6 Å². The van der Waals surface area contributed by atoms with Crippen molar-refractivity contribution >= 4 is 17.5 Å². The number of aryl methyl sites for hydroxylation is 2. The second-order valence-electron chi connectivity index (χ2n) is 7.12. The average Bonchev–Trinajstić information content (AvgIpc) is 3.10. The van der Waals surface area contributed by atoms with Gasteiger partial charge in [-0.25, -0.2) is 0 Å². The van der Waals surface area contributed by atoms with E-state index in [0.29, 0.717) is 17.9 Å². The summed E-state index contributed by atoms with van der Waals surface area (Å²) in [7, 11) is 3.27. The highest BCUT2D eigenvalue weighted by molar-refractivity contribution is 8.00. The van der Waals surface area contributed by atoms with Crippen molar-refractivity contribution in [3.8, 4) is 11.5 Å². The Labute approximate surface area is 175 Å². The zero-order valence-electron chi connectivity index (χ0n) is 17.3. The van der Waals surface area contributed by atoms with Crippen LogP contribution in [-0.4, -0.2) is 40.1 Å². The van der Waals surface area contributed by atoms with Crippen LogP contribution in [0, 0.1) is 13.8 Å². The standard InChI is InChI=1S/C22H24N4O2S/c1-13-6-8-17(10-14(13)2)21-15(3)29-22-24-23-20(26(22)25-21)12-16-7-9-18(27-4)19(11-16)28-5/h6-11,15H,12H2,1-5H3. The first-order chi connectivity index (χ1) is 14.0. The molecular formula is C22H24N4O2S. The van der Waals surface area contributed by atoms with E-state index in [1.165, 1.54) is 11.1 Å². The molecule has 0 amide bonds. The minimum absolute atomic E-state index is 0.211. The maximum atomic E-state index is 5.42. The molecule has 0 N–H and O–H groups in total. The fourth-order valence-electron chi connectivity index (χ4n) is 3.35. The number of fused-ring (bicyclic) bond motifs is 1. The molecule has 0 spiro atoms. The Hall–Kier alpha value is -2.80. The molecule has 0 saturated carbocycles. The van der Waals surface area contributed by atoms with Crippen molar-refractivity contribution in [1.29, 1.82) is 0 Å². The van der Waals surface area contributed by atoms with Gasteiger partial charge in [-0.05, 0) is 61.2 Å². The van der Waals surface area contributed by atoms with E-state index in [2.05, 4.69) is 49.2 Å². The van der Waals surface area contributed by atoms with Crippen molar-refractivity contribution in [1.82, 2.24) is 14.9 Å². The largest absolute Gasteiger partial charge is 0.493 e. The van der Waals surface area contributed by atoms with E-state index < -0.39 is 0 Å². The van der Waals surface area contributed by atoms with Gasteiger partial charge in [0, 0.05) is 6.42 Å². The van der Waals surface area contributed by atoms with Crippen molar-refractivity contribution in [3.05, 3.63) is 64.5 Å². The van der Waals surface area contributed by atoms with Crippen molar-refractivity contribution in [2.24, 2.45) is 5.10 Å². The van der Waals surface area contributed by atoms with Crippen molar-refractivity contribution in [2.75, 3.05) is 14.2 Å². The van der Waals surface area contributed by atoms with E-state index in [9.17, 15) is 0 Å². The highest BCUT2D eigenvalue weighted by Gasteiger charge is 2.26. The molecule has 2 heterocycles. The monoisotopic (exact) mass is 408 g/mol. The lowest BCUT2D eigenvalue weighted by Gasteiger charge is -2.20. The molecule has 1 unspecified atom stereocenters. The molecule has 150 valence electrons. The van der Waals surface area contributed by atoms with Crippen molar-refractivity contribution in [3.63, 3.8) is 0 Å². The van der Waals surface area contributed by atoms with Gasteiger partial charge >= 0.3 is 0 Å². The summed E-state index contributed by atoms with van der Waals surface area (Å²) < 4.78 is 12.6. The van der Waals surface area contributed by atoms with Gasteiger partial charge in [0.15, 0.2) is 17.3 Å². The van der Waals surface area contributed by atoms with Gasteiger partial charge in [-0.1, -0.05) is 30.0 Å². The zero-order chi connectivity index (χ0) is 20.5. The summed E-state index contributed by atoms with van der Waals surface area (Å²) in [5, 5.41) is 14.7. The summed E-state index contributed by atoms with van der Waals surface area (Å²) in [6, 6.07) is 12.4. The van der Waals surface area contributed by atoms with Crippen LogP contribution in [0.1, 0.15) is 35.0 Å². The molecule has 2 aromatic carbocycles. The molecule has 0 bridgehead atoms. The fraction of sp³-hybridized carbons (Fsp3) is 0.318. The maximum absolute atomic E-state index is 5.42. The zero-order valence-corrected chi connectivity index (χ0v) is 18.1. The van der Waals surface area contributed by atoms with Gasteiger partial charge in [-0.3, -0.25) is 0 Å². The smallest absolute Gasteiger partial charge is 0.212 e. The molecule has 1 aliphatic heterocycles. The van der Waals surface area contributed by atoms with E-state index in [1.807, 2.05) is 22.9 Å². The van der Waals surface area contributed by atoms with E-state index in [-0.39, 0.29) is 5.25 Å². The van der Waals surface area contributed by atoms with Gasteiger partial charge in [0.05, 0.1) is 25.2 Å². The van der Waals surface area contributed by atoms with Crippen LogP contribution in [0.4, 0.5) is 0 Å². The van der Waals surface area contributed by atoms with Crippen LogP contribution >= 0.6 is 11.8 Å². The van der Waals surface area contributed by atoms with Gasteiger partial charge < -0.3 is 9.47 Å². The molecule has 3 aromatic rings. The summed E-state index contributed by atoms with van der Waals surface area (Å²) in [6.45, 7) is 6.41. The quantitative estimate of drug-likeness (QED) is 0.632. The molecule has 6 nitrogen and oxygen atoms in total. The molecule has 7 heteroatoms. The third-order valence-electron chi connectivity index (χ3n) is 5.16. The summed E-state index contributed by atoms with van der Waals surface area (Å²) in [4.78, 5) is 0. The normalized spacial score (nSPS) is 15.6. The molecule has 0 fully saturated rings. The van der Waals surface area contributed by atoms with E-state index in [1.54, 1.807) is 26.0 Å². The highest BCUT2D eigenvalue weighted by atomic mass is 32.2. The maximum Gasteiger partial charge on any atom is 0.212 e. The third-order valence-corrected chi connectivity index (χ3v) is 6.21. The number of benzene rings is 2. The summed E-state index contributed by atoms with van der Waals surface area (Å²) in [5.74, 6) is 2.21. The van der Waals surface area contributed by atoms with Crippen LogP contribution in [0.25, 0.3) is 0 Å². The Morgan fingerprint density at radius 3 is 2.48 bits per heavy atom.